The lowest BCUT2D eigenvalue weighted by atomic mass is 10.2. The second-order valence-electron chi connectivity index (χ2n) is 5.29. The van der Waals surface area contributed by atoms with Crippen molar-refractivity contribution in [2.24, 2.45) is 0 Å². The summed E-state index contributed by atoms with van der Waals surface area (Å²) in [6.45, 7) is 1.82. The van der Waals surface area contributed by atoms with Crippen molar-refractivity contribution >= 4 is 44.9 Å². The molecule has 2 N–H and O–H groups in total. The number of thioether (sulfide) groups is 1. The number of hydrogen-bond donors (Lipinski definition) is 1. The first kappa shape index (κ1) is 14.7. The summed E-state index contributed by atoms with van der Waals surface area (Å²) in [5.41, 5.74) is 7.49. The van der Waals surface area contributed by atoms with Crippen LogP contribution in [0.1, 0.15) is 25.7 Å². The van der Waals surface area contributed by atoms with E-state index in [9.17, 15) is 4.79 Å². The van der Waals surface area contributed by atoms with Crippen molar-refractivity contribution in [2.75, 3.05) is 24.6 Å². The van der Waals surface area contributed by atoms with E-state index >= 15 is 0 Å². The summed E-state index contributed by atoms with van der Waals surface area (Å²) in [4.78, 5) is 18.8. The van der Waals surface area contributed by atoms with Crippen molar-refractivity contribution in [1.29, 1.82) is 0 Å². The topological polar surface area (TPSA) is 59.2 Å². The SMILES string of the molecule is Nc1ccc2nc(SCC(=O)N3CCCCCC3)sc2c1. The Morgan fingerprint density at radius 2 is 2.05 bits per heavy atom. The van der Waals surface area contributed by atoms with Crippen LogP contribution in [0.25, 0.3) is 10.2 Å². The van der Waals surface area contributed by atoms with Gasteiger partial charge in [0, 0.05) is 18.8 Å². The van der Waals surface area contributed by atoms with Gasteiger partial charge in [0.2, 0.25) is 5.91 Å². The number of fused-ring (bicyclic) bond motifs is 1. The van der Waals surface area contributed by atoms with E-state index in [0.29, 0.717) is 5.75 Å². The van der Waals surface area contributed by atoms with Crippen molar-refractivity contribution in [3.8, 4) is 0 Å². The normalized spacial score (nSPS) is 16.1. The molecular weight excluding hydrogens is 302 g/mol. The minimum Gasteiger partial charge on any atom is -0.399 e. The maximum absolute atomic E-state index is 12.3. The summed E-state index contributed by atoms with van der Waals surface area (Å²) in [7, 11) is 0. The minimum atomic E-state index is 0.237. The van der Waals surface area contributed by atoms with Gasteiger partial charge in [-0.15, -0.1) is 11.3 Å². The van der Waals surface area contributed by atoms with E-state index in [-0.39, 0.29) is 5.91 Å². The first-order valence-electron chi connectivity index (χ1n) is 7.29. The van der Waals surface area contributed by atoms with Gasteiger partial charge >= 0.3 is 0 Å². The zero-order valence-electron chi connectivity index (χ0n) is 11.9. The molecular formula is C15H19N3OS2. The minimum absolute atomic E-state index is 0.237. The quantitative estimate of drug-likeness (QED) is 0.695. The Morgan fingerprint density at radius 1 is 1.29 bits per heavy atom. The molecule has 2 heterocycles. The number of likely N-dealkylation sites (tertiary alicyclic amines) is 1. The number of hydrogen-bond acceptors (Lipinski definition) is 5. The summed E-state index contributed by atoms with van der Waals surface area (Å²) in [5, 5.41) is 0. The molecule has 1 aliphatic heterocycles. The Morgan fingerprint density at radius 3 is 2.81 bits per heavy atom. The van der Waals surface area contributed by atoms with Gasteiger partial charge in [-0.2, -0.15) is 0 Å². The van der Waals surface area contributed by atoms with E-state index < -0.39 is 0 Å². The third kappa shape index (κ3) is 3.68. The van der Waals surface area contributed by atoms with Gasteiger partial charge in [0.1, 0.15) is 0 Å². The van der Waals surface area contributed by atoms with E-state index in [1.807, 2.05) is 23.1 Å². The molecule has 0 aliphatic carbocycles. The lowest BCUT2D eigenvalue weighted by Crippen LogP contribution is -2.33. The smallest absolute Gasteiger partial charge is 0.233 e. The fourth-order valence-corrected chi connectivity index (χ4v) is 4.54. The number of amides is 1. The molecule has 0 radical (unpaired) electrons. The lowest BCUT2D eigenvalue weighted by molar-refractivity contribution is -0.128. The van der Waals surface area contributed by atoms with Gasteiger partial charge < -0.3 is 10.6 Å². The molecule has 3 rings (SSSR count). The van der Waals surface area contributed by atoms with E-state index in [2.05, 4.69) is 4.98 Å². The zero-order chi connectivity index (χ0) is 14.7. The summed E-state index contributed by atoms with van der Waals surface area (Å²) < 4.78 is 2.03. The fraction of sp³-hybridized carbons (Fsp3) is 0.467. The average molecular weight is 321 g/mol. The highest BCUT2D eigenvalue weighted by Crippen LogP contribution is 2.30. The molecule has 1 aromatic heterocycles. The molecule has 1 amide bonds. The Balaban J connectivity index is 1.61. The van der Waals surface area contributed by atoms with Crippen LogP contribution in [-0.4, -0.2) is 34.6 Å². The lowest BCUT2D eigenvalue weighted by Gasteiger charge is -2.19. The monoisotopic (exact) mass is 321 g/mol. The van der Waals surface area contributed by atoms with Gasteiger partial charge in [0.05, 0.1) is 16.0 Å². The van der Waals surface area contributed by atoms with Gasteiger partial charge in [-0.25, -0.2) is 4.98 Å². The number of benzene rings is 1. The van der Waals surface area contributed by atoms with Crippen LogP contribution >= 0.6 is 23.1 Å². The molecule has 1 aromatic carbocycles. The van der Waals surface area contributed by atoms with E-state index in [1.54, 1.807) is 11.3 Å². The molecule has 0 spiro atoms. The third-order valence-electron chi connectivity index (χ3n) is 3.67. The Bertz CT molecular complexity index is 633. The number of carbonyl (C=O) groups is 1. The second kappa shape index (κ2) is 6.66. The standard InChI is InChI=1S/C15H19N3OS2/c16-11-5-6-12-13(9-11)21-15(17-12)20-10-14(19)18-7-3-1-2-4-8-18/h5-6,9H,1-4,7-8,10,16H2. The summed E-state index contributed by atoms with van der Waals surface area (Å²) >= 11 is 3.14. The number of carbonyl (C=O) groups excluding carboxylic acids is 1. The number of thiazole rings is 1. The van der Waals surface area contributed by atoms with Crippen LogP contribution < -0.4 is 5.73 Å². The first-order chi connectivity index (χ1) is 10.2. The first-order valence-corrected chi connectivity index (χ1v) is 9.09. The summed E-state index contributed by atoms with van der Waals surface area (Å²) in [6, 6.07) is 5.73. The molecule has 1 aliphatic rings. The highest BCUT2D eigenvalue weighted by Gasteiger charge is 2.16. The molecule has 1 fully saturated rings. The molecule has 0 atom stereocenters. The van der Waals surface area contributed by atoms with Crippen molar-refractivity contribution in [1.82, 2.24) is 9.88 Å². The van der Waals surface area contributed by atoms with E-state index in [1.165, 1.54) is 24.6 Å². The van der Waals surface area contributed by atoms with Crippen molar-refractivity contribution in [3.63, 3.8) is 0 Å². The molecule has 0 bridgehead atoms. The largest absolute Gasteiger partial charge is 0.399 e. The van der Waals surface area contributed by atoms with Gasteiger partial charge in [-0.1, -0.05) is 24.6 Å². The molecule has 0 unspecified atom stereocenters. The zero-order valence-corrected chi connectivity index (χ0v) is 13.5. The molecule has 1 saturated heterocycles. The van der Waals surface area contributed by atoms with E-state index in [4.69, 9.17) is 5.73 Å². The predicted molar refractivity (Wildman–Crippen MR) is 89.8 cm³/mol. The summed E-state index contributed by atoms with van der Waals surface area (Å²) in [5.74, 6) is 0.718. The average Bonchev–Trinajstić information content (AvgIpc) is 2.69. The molecule has 6 heteroatoms. The van der Waals surface area contributed by atoms with Crippen LogP contribution in [0.15, 0.2) is 22.5 Å². The number of rotatable bonds is 3. The molecule has 0 saturated carbocycles. The fourth-order valence-electron chi connectivity index (χ4n) is 2.52. The highest BCUT2D eigenvalue weighted by atomic mass is 32.2. The Kier molecular flexibility index (Phi) is 4.65. The number of anilines is 1. The van der Waals surface area contributed by atoms with Crippen molar-refractivity contribution in [2.45, 2.75) is 30.0 Å². The maximum atomic E-state index is 12.3. The second-order valence-corrected chi connectivity index (χ2v) is 7.54. The number of nitrogens with zero attached hydrogens (tertiary/aromatic N) is 2. The maximum Gasteiger partial charge on any atom is 0.233 e. The van der Waals surface area contributed by atoms with Gasteiger partial charge in [0.15, 0.2) is 4.34 Å². The summed E-state index contributed by atoms with van der Waals surface area (Å²) in [6.07, 6.45) is 4.76. The molecule has 21 heavy (non-hydrogen) atoms. The van der Waals surface area contributed by atoms with Crippen LogP contribution in [-0.2, 0) is 4.79 Å². The highest BCUT2D eigenvalue weighted by molar-refractivity contribution is 8.01. The number of nitrogens with two attached hydrogens (primary N) is 1. The van der Waals surface area contributed by atoms with Crippen LogP contribution in [0.3, 0.4) is 0 Å². The Labute approximate surface area is 132 Å². The van der Waals surface area contributed by atoms with Crippen molar-refractivity contribution in [3.05, 3.63) is 18.2 Å². The van der Waals surface area contributed by atoms with Crippen LogP contribution in [0.4, 0.5) is 5.69 Å². The Hall–Kier alpha value is -1.27. The van der Waals surface area contributed by atoms with Crippen LogP contribution in [0, 0.1) is 0 Å². The van der Waals surface area contributed by atoms with Gasteiger partial charge in [-0.3, -0.25) is 4.79 Å². The third-order valence-corrected chi connectivity index (χ3v) is 5.82. The van der Waals surface area contributed by atoms with E-state index in [0.717, 1.165) is 46.2 Å². The molecule has 112 valence electrons. The van der Waals surface area contributed by atoms with Crippen LogP contribution in [0.2, 0.25) is 0 Å². The van der Waals surface area contributed by atoms with Crippen LogP contribution in [0.5, 0.6) is 0 Å². The number of nitrogen functional groups attached to an aromatic ring is 1. The predicted octanol–water partition coefficient (Wildman–Crippen LogP) is 3.37. The van der Waals surface area contributed by atoms with Gasteiger partial charge in [-0.05, 0) is 31.0 Å². The molecule has 4 nitrogen and oxygen atoms in total. The molecule has 2 aromatic rings. The van der Waals surface area contributed by atoms with Crippen molar-refractivity contribution < 1.29 is 4.79 Å². The number of aromatic nitrogens is 1. The van der Waals surface area contributed by atoms with Gasteiger partial charge in [0.25, 0.3) is 0 Å².